The van der Waals surface area contributed by atoms with E-state index in [0.717, 1.165) is 0 Å². The van der Waals surface area contributed by atoms with Crippen molar-refractivity contribution < 1.29 is 9.18 Å². The Balaban J connectivity index is 3.23. The first kappa shape index (κ1) is 11.5. The van der Waals surface area contributed by atoms with Crippen molar-refractivity contribution in [2.45, 2.75) is 19.0 Å². The summed E-state index contributed by atoms with van der Waals surface area (Å²) in [6, 6.07) is 4.79. The van der Waals surface area contributed by atoms with Crippen molar-refractivity contribution in [2.24, 2.45) is 0 Å². The molecular formula is C10H9Cl2FO. The second kappa shape index (κ2) is 4.76. The number of hydrogen-bond acceptors (Lipinski definition) is 1. The molecule has 1 rings (SSSR count). The Hall–Kier alpha value is -0.600. The number of rotatable bonds is 3. The number of benzene rings is 1. The maximum Gasteiger partial charge on any atom is 0.152 e. The monoisotopic (exact) mass is 234 g/mol. The molecular weight excluding hydrogens is 226 g/mol. The summed E-state index contributed by atoms with van der Waals surface area (Å²) in [5.41, 5.74) is 0.749. The maximum atomic E-state index is 12.6. The van der Waals surface area contributed by atoms with Crippen molar-refractivity contribution in [1.82, 2.24) is 0 Å². The fraction of sp³-hybridized carbons (Fsp3) is 0.300. The lowest BCUT2D eigenvalue weighted by atomic mass is 10.0. The van der Waals surface area contributed by atoms with Gasteiger partial charge in [-0.05, 0) is 18.6 Å². The Bertz CT molecular complexity index is 352. The SMILES string of the molecule is CC(=O)C(Cl)c1c(Cl)cccc1CF. The lowest BCUT2D eigenvalue weighted by molar-refractivity contribution is -0.116. The third-order valence-corrected chi connectivity index (χ3v) is 2.75. The van der Waals surface area contributed by atoms with Crippen LogP contribution in [-0.2, 0) is 11.5 Å². The van der Waals surface area contributed by atoms with E-state index in [1.165, 1.54) is 6.92 Å². The number of ketones is 1. The molecule has 0 aliphatic heterocycles. The van der Waals surface area contributed by atoms with E-state index in [0.29, 0.717) is 16.1 Å². The third kappa shape index (κ3) is 2.25. The zero-order valence-corrected chi connectivity index (χ0v) is 9.07. The summed E-state index contributed by atoms with van der Waals surface area (Å²) in [4.78, 5) is 11.1. The fourth-order valence-electron chi connectivity index (χ4n) is 1.19. The summed E-state index contributed by atoms with van der Waals surface area (Å²) in [6.45, 7) is 0.676. The van der Waals surface area contributed by atoms with E-state index in [1.807, 2.05) is 0 Å². The van der Waals surface area contributed by atoms with Gasteiger partial charge >= 0.3 is 0 Å². The molecule has 0 fully saturated rings. The summed E-state index contributed by atoms with van der Waals surface area (Å²) >= 11 is 11.7. The minimum absolute atomic E-state index is 0.241. The van der Waals surface area contributed by atoms with Crippen LogP contribution in [0.15, 0.2) is 18.2 Å². The standard InChI is InChI=1S/C10H9Cl2FO/c1-6(14)10(12)9-7(5-13)3-2-4-8(9)11/h2-4,10H,5H2,1H3. The van der Waals surface area contributed by atoms with E-state index >= 15 is 0 Å². The molecule has 0 spiro atoms. The minimum atomic E-state index is -0.866. The van der Waals surface area contributed by atoms with Crippen LogP contribution in [0.5, 0.6) is 0 Å². The molecule has 76 valence electrons. The van der Waals surface area contributed by atoms with Crippen LogP contribution in [0.3, 0.4) is 0 Å². The lowest BCUT2D eigenvalue weighted by Gasteiger charge is -2.12. The summed E-state index contributed by atoms with van der Waals surface area (Å²) in [6.07, 6.45) is 0. The van der Waals surface area contributed by atoms with Crippen molar-refractivity contribution in [3.8, 4) is 0 Å². The number of carbonyl (C=O) groups is 1. The minimum Gasteiger partial charge on any atom is -0.298 e. The number of Topliss-reactive ketones (excluding diaryl/α,β-unsaturated/α-hetero) is 1. The first-order valence-electron chi connectivity index (χ1n) is 4.05. The largest absolute Gasteiger partial charge is 0.298 e. The highest BCUT2D eigenvalue weighted by molar-refractivity contribution is 6.36. The van der Waals surface area contributed by atoms with Crippen LogP contribution in [0.2, 0.25) is 5.02 Å². The molecule has 0 aliphatic rings. The fourth-order valence-corrected chi connectivity index (χ4v) is 1.80. The van der Waals surface area contributed by atoms with Gasteiger partial charge in [-0.2, -0.15) is 0 Å². The zero-order valence-electron chi connectivity index (χ0n) is 7.56. The van der Waals surface area contributed by atoms with E-state index in [4.69, 9.17) is 23.2 Å². The Morgan fingerprint density at radius 2 is 2.21 bits per heavy atom. The highest BCUT2D eigenvalue weighted by Gasteiger charge is 2.19. The Morgan fingerprint density at radius 1 is 1.57 bits per heavy atom. The zero-order chi connectivity index (χ0) is 10.7. The molecule has 1 nitrogen and oxygen atoms in total. The van der Waals surface area contributed by atoms with Gasteiger partial charge in [-0.15, -0.1) is 11.6 Å². The number of carbonyl (C=O) groups excluding carboxylic acids is 1. The van der Waals surface area contributed by atoms with Crippen molar-refractivity contribution in [3.05, 3.63) is 34.3 Å². The van der Waals surface area contributed by atoms with Crippen molar-refractivity contribution in [1.29, 1.82) is 0 Å². The van der Waals surface area contributed by atoms with Crippen LogP contribution in [0.25, 0.3) is 0 Å². The van der Waals surface area contributed by atoms with Crippen molar-refractivity contribution in [3.63, 3.8) is 0 Å². The van der Waals surface area contributed by atoms with E-state index in [9.17, 15) is 9.18 Å². The van der Waals surface area contributed by atoms with Crippen LogP contribution in [0.4, 0.5) is 4.39 Å². The van der Waals surface area contributed by atoms with Crippen LogP contribution in [0, 0.1) is 0 Å². The first-order valence-corrected chi connectivity index (χ1v) is 4.87. The smallest absolute Gasteiger partial charge is 0.152 e. The third-order valence-electron chi connectivity index (χ3n) is 1.90. The van der Waals surface area contributed by atoms with Gasteiger partial charge < -0.3 is 0 Å². The molecule has 0 saturated heterocycles. The Morgan fingerprint density at radius 3 is 2.71 bits per heavy atom. The highest BCUT2D eigenvalue weighted by atomic mass is 35.5. The molecule has 0 radical (unpaired) electrons. The quantitative estimate of drug-likeness (QED) is 0.730. The summed E-state index contributed by atoms with van der Waals surface area (Å²) in [5.74, 6) is -0.241. The number of halogens is 3. The van der Waals surface area contributed by atoms with E-state index in [-0.39, 0.29) is 5.78 Å². The summed E-state index contributed by atoms with van der Waals surface area (Å²) in [5, 5.41) is -0.537. The van der Waals surface area contributed by atoms with Gasteiger partial charge in [-0.1, -0.05) is 23.7 Å². The Kier molecular flexibility index (Phi) is 3.90. The molecule has 1 unspecified atom stereocenters. The molecule has 14 heavy (non-hydrogen) atoms. The summed E-state index contributed by atoms with van der Waals surface area (Å²) in [7, 11) is 0. The van der Waals surface area contributed by atoms with Gasteiger partial charge in [0.2, 0.25) is 0 Å². The molecule has 1 aromatic carbocycles. The first-order chi connectivity index (χ1) is 6.57. The van der Waals surface area contributed by atoms with Crippen molar-refractivity contribution in [2.75, 3.05) is 0 Å². The molecule has 1 atom stereocenters. The molecule has 0 N–H and O–H groups in total. The number of hydrogen-bond donors (Lipinski definition) is 0. The second-order valence-electron chi connectivity index (χ2n) is 2.92. The predicted octanol–water partition coefficient (Wildman–Crippen LogP) is 3.68. The molecule has 0 aromatic heterocycles. The topological polar surface area (TPSA) is 17.1 Å². The Labute approximate surface area is 91.8 Å². The van der Waals surface area contributed by atoms with Crippen LogP contribution in [-0.4, -0.2) is 5.78 Å². The van der Waals surface area contributed by atoms with Gasteiger partial charge in [-0.3, -0.25) is 4.79 Å². The van der Waals surface area contributed by atoms with Crippen LogP contribution in [0.1, 0.15) is 23.4 Å². The van der Waals surface area contributed by atoms with Gasteiger partial charge in [0, 0.05) is 10.6 Å². The summed E-state index contributed by atoms with van der Waals surface area (Å²) < 4.78 is 12.6. The molecule has 0 bridgehead atoms. The highest BCUT2D eigenvalue weighted by Crippen LogP contribution is 2.32. The van der Waals surface area contributed by atoms with Crippen LogP contribution < -0.4 is 0 Å². The normalized spacial score (nSPS) is 12.6. The average Bonchev–Trinajstić information content (AvgIpc) is 2.16. The van der Waals surface area contributed by atoms with Gasteiger partial charge in [0.05, 0.1) is 0 Å². The van der Waals surface area contributed by atoms with E-state index in [2.05, 4.69) is 0 Å². The molecule has 0 aliphatic carbocycles. The molecule has 0 saturated carbocycles. The van der Waals surface area contributed by atoms with Gasteiger partial charge in [0.15, 0.2) is 5.78 Å². The van der Waals surface area contributed by atoms with Gasteiger partial charge in [0.1, 0.15) is 12.1 Å². The lowest BCUT2D eigenvalue weighted by Crippen LogP contribution is -2.05. The van der Waals surface area contributed by atoms with Crippen LogP contribution >= 0.6 is 23.2 Å². The van der Waals surface area contributed by atoms with Crippen molar-refractivity contribution >= 4 is 29.0 Å². The second-order valence-corrected chi connectivity index (χ2v) is 3.76. The van der Waals surface area contributed by atoms with Gasteiger partial charge in [-0.25, -0.2) is 4.39 Å². The predicted molar refractivity (Wildman–Crippen MR) is 55.5 cm³/mol. The molecule has 0 amide bonds. The van der Waals surface area contributed by atoms with E-state index in [1.54, 1.807) is 18.2 Å². The molecule has 4 heteroatoms. The molecule has 1 aromatic rings. The van der Waals surface area contributed by atoms with Gasteiger partial charge in [0.25, 0.3) is 0 Å². The maximum absolute atomic E-state index is 12.6. The molecule has 0 heterocycles. The average molecular weight is 235 g/mol. The van der Waals surface area contributed by atoms with E-state index < -0.39 is 12.1 Å². The number of alkyl halides is 2.